The zero-order valence-corrected chi connectivity index (χ0v) is 9.55. The normalized spacial score (nSPS) is 41.8. The number of nitrogens with one attached hydrogen (secondary N) is 1. The molecule has 0 bridgehead atoms. The van der Waals surface area contributed by atoms with E-state index in [1.54, 1.807) is 0 Å². The largest absolute Gasteiger partial charge is 0.328 e. The van der Waals surface area contributed by atoms with Crippen LogP contribution in [0.15, 0.2) is 0 Å². The van der Waals surface area contributed by atoms with E-state index in [0.29, 0.717) is 17.5 Å². The second-order valence-corrected chi connectivity index (χ2v) is 5.87. The minimum Gasteiger partial charge on any atom is -0.328 e. The number of rotatable bonds is 2. The average molecular weight is 196 g/mol. The molecule has 0 aliphatic heterocycles. The van der Waals surface area contributed by atoms with Gasteiger partial charge in [-0.25, -0.2) is 0 Å². The van der Waals surface area contributed by atoms with Crippen LogP contribution in [0.2, 0.25) is 0 Å². The van der Waals surface area contributed by atoms with Gasteiger partial charge in [0.1, 0.15) is 0 Å². The number of nitrogens with two attached hydrogens (primary N) is 1. The molecule has 3 N–H and O–H groups in total. The summed E-state index contributed by atoms with van der Waals surface area (Å²) < 4.78 is 0. The molecule has 0 aromatic carbocycles. The van der Waals surface area contributed by atoms with Gasteiger partial charge >= 0.3 is 0 Å². The van der Waals surface area contributed by atoms with Gasteiger partial charge in [-0.1, -0.05) is 20.3 Å². The van der Waals surface area contributed by atoms with Crippen LogP contribution in [0.1, 0.15) is 52.4 Å². The smallest absolute Gasteiger partial charge is 0.0121 e. The van der Waals surface area contributed by atoms with Crippen LogP contribution in [0.5, 0.6) is 0 Å². The summed E-state index contributed by atoms with van der Waals surface area (Å²) in [6, 6.07) is 1.89. The molecule has 0 heterocycles. The lowest BCUT2D eigenvalue weighted by Crippen LogP contribution is -2.55. The van der Waals surface area contributed by atoms with E-state index >= 15 is 0 Å². The molecule has 0 saturated heterocycles. The maximum absolute atomic E-state index is 5.99. The summed E-state index contributed by atoms with van der Waals surface area (Å²) in [6.07, 6.45) is 7.80. The van der Waals surface area contributed by atoms with E-state index in [0.717, 1.165) is 6.04 Å². The summed E-state index contributed by atoms with van der Waals surface area (Å²) in [5, 5.41) is 3.80. The Hall–Kier alpha value is -0.0800. The Morgan fingerprint density at radius 2 is 2.00 bits per heavy atom. The van der Waals surface area contributed by atoms with Crippen LogP contribution in [-0.4, -0.2) is 18.1 Å². The monoisotopic (exact) mass is 196 g/mol. The second-order valence-electron chi connectivity index (χ2n) is 5.87. The Labute approximate surface area is 87.6 Å². The molecule has 0 amide bonds. The third-order valence-electron chi connectivity index (χ3n) is 4.17. The van der Waals surface area contributed by atoms with Crippen molar-refractivity contribution in [2.45, 2.75) is 70.5 Å². The van der Waals surface area contributed by atoms with Crippen molar-refractivity contribution in [3.05, 3.63) is 0 Å². The Kier molecular flexibility index (Phi) is 2.85. The van der Waals surface area contributed by atoms with E-state index in [4.69, 9.17) is 5.73 Å². The van der Waals surface area contributed by atoms with Crippen molar-refractivity contribution >= 4 is 0 Å². The third-order valence-corrected chi connectivity index (χ3v) is 4.17. The minimum absolute atomic E-state index is 0.449. The minimum atomic E-state index is 0.449. The lowest BCUT2D eigenvalue weighted by molar-refractivity contribution is 0.0901. The molecule has 0 radical (unpaired) electrons. The molecule has 14 heavy (non-hydrogen) atoms. The summed E-state index contributed by atoms with van der Waals surface area (Å²) >= 11 is 0. The van der Waals surface area contributed by atoms with Crippen molar-refractivity contribution in [3.8, 4) is 0 Å². The molecule has 82 valence electrons. The molecule has 3 atom stereocenters. The molecule has 2 nitrogen and oxygen atoms in total. The van der Waals surface area contributed by atoms with Crippen LogP contribution in [0.25, 0.3) is 0 Å². The fourth-order valence-electron chi connectivity index (χ4n) is 2.84. The van der Waals surface area contributed by atoms with Crippen LogP contribution in [0, 0.1) is 5.41 Å². The highest BCUT2D eigenvalue weighted by Gasteiger charge is 2.39. The summed E-state index contributed by atoms with van der Waals surface area (Å²) in [5.74, 6) is 0. The Morgan fingerprint density at radius 3 is 2.50 bits per heavy atom. The fraction of sp³-hybridized carbons (Fsp3) is 1.00. The third kappa shape index (κ3) is 2.12. The standard InChI is InChI=1S/C12H24N2/c1-12(2)7-6-11(12)14-10-5-3-4-9(13)8-10/h9-11,14H,3-8,13H2,1-2H3. The van der Waals surface area contributed by atoms with Gasteiger partial charge in [0.05, 0.1) is 0 Å². The first-order valence-electron chi connectivity index (χ1n) is 6.09. The predicted molar refractivity (Wildman–Crippen MR) is 60.2 cm³/mol. The van der Waals surface area contributed by atoms with E-state index < -0.39 is 0 Å². The molecule has 2 aliphatic carbocycles. The summed E-state index contributed by atoms with van der Waals surface area (Å²) in [6.45, 7) is 4.74. The molecule has 2 saturated carbocycles. The summed E-state index contributed by atoms with van der Waals surface area (Å²) in [5.41, 5.74) is 6.52. The molecular weight excluding hydrogens is 172 g/mol. The van der Waals surface area contributed by atoms with Crippen molar-refractivity contribution in [2.24, 2.45) is 11.1 Å². The lowest BCUT2D eigenvalue weighted by Gasteiger charge is -2.47. The first-order valence-corrected chi connectivity index (χ1v) is 6.09. The summed E-state index contributed by atoms with van der Waals surface area (Å²) in [4.78, 5) is 0. The van der Waals surface area contributed by atoms with E-state index in [-0.39, 0.29) is 0 Å². The SMILES string of the molecule is CC1(C)CCC1NC1CCCC(N)C1. The summed E-state index contributed by atoms with van der Waals surface area (Å²) in [7, 11) is 0. The van der Waals surface area contributed by atoms with Crippen molar-refractivity contribution in [2.75, 3.05) is 0 Å². The second kappa shape index (κ2) is 3.82. The van der Waals surface area contributed by atoms with Gasteiger partial charge in [-0.3, -0.25) is 0 Å². The van der Waals surface area contributed by atoms with Crippen LogP contribution < -0.4 is 11.1 Å². The number of hydrogen-bond acceptors (Lipinski definition) is 2. The van der Waals surface area contributed by atoms with Gasteiger partial charge in [0.25, 0.3) is 0 Å². The van der Waals surface area contributed by atoms with Crippen molar-refractivity contribution in [3.63, 3.8) is 0 Å². The lowest BCUT2D eigenvalue weighted by atomic mass is 9.67. The Morgan fingerprint density at radius 1 is 1.21 bits per heavy atom. The van der Waals surface area contributed by atoms with Gasteiger partial charge in [0, 0.05) is 18.1 Å². The molecule has 0 aromatic rings. The van der Waals surface area contributed by atoms with Gasteiger partial charge in [-0.2, -0.15) is 0 Å². The highest BCUT2D eigenvalue weighted by Crippen LogP contribution is 2.40. The predicted octanol–water partition coefficient (Wildman–Crippen LogP) is 2.03. The van der Waals surface area contributed by atoms with Crippen molar-refractivity contribution in [1.82, 2.24) is 5.32 Å². The maximum atomic E-state index is 5.99. The molecule has 2 rings (SSSR count). The molecule has 2 aliphatic rings. The first-order chi connectivity index (χ1) is 6.58. The highest BCUT2D eigenvalue weighted by molar-refractivity contribution is 4.96. The zero-order valence-electron chi connectivity index (χ0n) is 9.55. The highest BCUT2D eigenvalue weighted by atomic mass is 15.0. The fourth-order valence-corrected chi connectivity index (χ4v) is 2.84. The van der Waals surface area contributed by atoms with E-state index in [9.17, 15) is 0 Å². The van der Waals surface area contributed by atoms with Gasteiger partial charge in [-0.15, -0.1) is 0 Å². The van der Waals surface area contributed by atoms with Gasteiger partial charge in [0.2, 0.25) is 0 Å². The quantitative estimate of drug-likeness (QED) is 0.709. The molecule has 0 aromatic heterocycles. The molecule has 0 spiro atoms. The van der Waals surface area contributed by atoms with Gasteiger partial charge in [-0.05, 0) is 37.5 Å². The van der Waals surface area contributed by atoms with Crippen LogP contribution in [0.3, 0.4) is 0 Å². The number of hydrogen-bond donors (Lipinski definition) is 2. The molecule has 2 fully saturated rings. The Bertz CT molecular complexity index is 200. The molecular formula is C12H24N2. The molecule has 3 unspecified atom stereocenters. The average Bonchev–Trinajstić information content (AvgIpc) is 2.13. The Balaban J connectivity index is 1.79. The first kappa shape index (κ1) is 10.4. The van der Waals surface area contributed by atoms with Gasteiger partial charge < -0.3 is 11.1 Å². The van der Waals surface area contributed by atoms with Crippen molar-refractivity contribution in [1.29, 1.82) is 0 Å². The van der Waals surface area contributed by atoms with Crippen molar-refractivity contribution < 1.29 is 0 Å². The van der Waals surface area contributed by atoms with Crippen LogP contribution >= 0.6 is 0 Å². The van der Waals surface area contributed by atoms with E-state index in [2.05, 4.69) is 19.2 Å². The van der Waals surface area contributed by atoms with Gasteiger partial charge in [0.15, 0.2) is 0 Å². The van der Waals surface area contributed by atoms with E-state index in [1.165, 1.54) is 38.5 Å². The van der Waals surface area contributed by atoms with E-state index in [1.807, 2.05) is 0 Å². The zero-order chi connectivity index (χ0) is 10.2. The van der Waals surface area contributed by atoms with Crippen LogP contribution in [-0.2, 0) is 0 Å². The topological polar surface area (TPSA) is 38.0 Å². The maximum Gasteiger partial charge on any atom is 0.0121 e. The van der Waals surface area contributed by atoms with Crippen LogP contribution in [0.4, 0.5) is 0 Å². The molecule has 2 heteroatoms.